The minimum Gasteiger partial charge on any atom is -0.352 e. The molecule has 1 aliphatic rings. The van der Waals surface area contributed by atoms with E-state index in [2.05, 4.69) is 24.1 Å². The number of hydrogen-bond acceptors (Lipinski definition) is 6. The summed E-state index contributed by atoms with van der Waals surface area (Å²) in [6.45, 7) is 4.40. The highest BCUT2D eigenvalue weighted by molar-refractivity contribution is 7.99. The molecule has 0 radical (unpaired) electrons. The van der Waals surface area contributed by atoms with Gasteiger partial charge >= 0.3 is 0 Å². The number of thioether (sulfide) groups is 1. The third-order valence-electron chi connectivity index (χ3n) is 6.45. The van der Waals surface area contributed by atoms with Gasteiger partial charge in [-0.3, -0.25) is 24.3 Å². The minimum atomic E-state index is -0.488. The summed E-state index contributed by atoms with van der Waals surface area (Å²) in [4.78, 5) is 41.2. The molecular weight excluding hydrogens is 440 g/mol. The highest BCUT2D eigenvalue weighted by Crippen LogP contribution is 2.30. The summed E-state index contributed by atoms with van der Waals surface area (Å²) in [6.07, 6.45) is 3.27. The van der Waals surface area contributed by atoms with Crippen LogP contribution in [0.25, 0.3) is 16.6 Å². The van der Waals surface area contributed by atoms with Gasteiger partial charge in [0.1, 0.15) is 0 Å². The van der Waals surface area contributed by atoms with Gasteiger partial charge < -0.3 is 5.32 Å². The Morgan fingerprint density at radius 2 is 1.91 bits per heavy atom. The van der Waals surface area contributed by atoms with Crippen molar-refractivity contribution < 1.29 is 9.72 Å². The zero-order chi connectivity index (χ0) is 23.5. The van der Waals surface area contributed by atoms with Crippen LogP contribution in [-0.2, 0) is 4.79 Å². The summed E-state index contributed by atoms with van der Waals surface area (Å²) < 4.78 is 1.41. The second-order valence-corrected chi connectivity index (χ2v) is 9.50. The fourth-order valence-corrected chi connectivity index (χ4v) is 5.15. The topological polar surface area (TPSA) is 107 Å². The summed E-state index contributed by atoms with van der Waals surface area (Å²) in [6, 6.07) is 12.9. The highest BCUT2D eigenvalue weighted by Gasteiger charge is 2.28. The lowest BCUT2D eigenvalue weighted by molar-refractivity contribution is -0.384. The van der Waals surface area contributed by atoms with Gasteiger partial charge in [0.15, 0.2) is 5.16 Å². The van der Waals surface area contributed by atoms with Gasteiger partial charge in [-0.1, -0.05) is 50.6 Å². The van der Waals surface area contributed by atoms with Crippen LogP contribution in [0.5, 0.6) is 0 Å². The number of carbonyl (C=O) groups excluding carboxylic acids is 1. The molecule has 0 unspecified atom stereocenters. The molecule has 1 aliphatic carbocycles. The summed E-state index contributed by atoms with van der Waals surface area (Å²) in [5, 5.41) is 15.0. The van der Waals surface area contributed by atoms with Crippen molar-refractivity contribution in [2.45, 2.75) is 44.3 Å². The van der Waals surface area contributed by atoms with E-state index in [0.29, 0.717) is 33.6 Å². The number of nitro groups is 1. The number of rotatable bonds is 6. The second-order valence-electron chi connectivity index (χ2n) is 8.56. The van der Waals surface area contributed by atoms with Gasteiger partial charge in [0.25, 0.3) is 11.2 Å². The molecule has 1 saturated carbocycles. The molecule has 1 heterocycles. The Kier molecular flexibility index (Phi) is 6.78. The van der Waals surface area contributed by atoms with Crippen LogP contribution in [0.4, 0.5) is 5.69 Å². The van der Waals surface area contributed by atoms with E-state index in [-0.39, 0.29) is 28.9 Å². The summed E-state index contributed by atoms with van der Waals surface area (Å²) in [5.74, 6) is 1.02. The number of aromatic nitrogens is 2. The van der Waals surface area contributed by atoms with Crippen LogP contribution < -0.4 is 10.9 Å². The van der Waals surface area contributed by atoms with Crippen molar-refractivity contribution in [3.8, 4) is 5.69 Å². The molecule has 1 fully saturated rings. The Balaban J connectivity index is 1.62. The molecule has 0 aliphatic heterocycles. The number of nitro benzene ring substituents is 1. The summed E-state index contributed by atoms with van der Waals surface area (Å²) in [5.41, 5.74) is 0.650. The molecular formula is C24H26N4O4S. The van der Waals surface area contributed by atoms with Gasteiger partial charge in [0, 0.05) is 18.2 Å². The number of carbonyl (C=O) groups is 1. The molecule has 172 valence electrons. The average Bonchev–Trinajstić information content (AvgIpc) is 2.81. The summed E-state index contributed by atoms with van der Waals surface area (Å²) in [7, 11) is 0. The van der Waals surface area contributed by atoms with Crippen LogP contribution in [0.3, 0.4) is 0 Å². The quantitative estimate of drug-likeness (QED) is 0.251. The Labute approximate surface area is 195 Å². The van der Waals surface area contributed by atoms with Crippen LogP contribution in [0.1, 0.15) is 33.1 Å². The average molecular weight is 467 g/mol. The number of nitrogens with zero attached hydrogens (tertiary/aromatic N) is 3. The third-order valence-corrected chi connectivity index (χ3v) is 7.39. The van der Waals surface area contributed by atoms with E-state index in [0.717, 1.165) is 12.8 Å². The monoisotopic (exact) mass is 466 g/mol. The number of fused-ring (bicyclic) bond motifs is 1. The Morgan fingerprint density at radius 3 is 2.64 bits per heavy atom. The van der Waals surface area contributed by atoms with Gasteiger partial charge in [0.2, 0.25) is 5.91 Å². The molecule has 0 bridgehead atoms. The second kappa shape index (κ2) is 9.74. The lowest BCUT2D eigenvalue weighted by Gasteiger charge is -2.34. The number of hydrogen-bond donors (Lipinski definition) is 1. The van der Waals surface area contributed by atoms with Crippen LogP contribution in [0.2, 0.25) is 0 Å². The SMILES string of the molecule is C[C@@H]1[C@H](C)CCC[C@@H]1NC(=O)CSc1nc2ccccc2c(=O)n1-c1ccc([N+](=O)[O-])cc1. The molecule has 3 aromatic rings. The van der Waals surface area contributed by atoms with E-state index >= 15 is 0 Å². The van der Waals surface area contributed by atoms with E-state index in [1.807, 2.05) is 0 Å². The molecule has 3 atom stereocenters. The van der Waals surface area contributed by atoms with Gasteiger partial charge in [-0.25, -0.2) is 4.98 Å². The van der Waals surface area contributed by atoms with Crippen LogP contribution in [-0.4, -0.2) is 32.2 Å². The third kappa shape index (κ3) is 4.93. The Bertz CT molecular complexity index is 1240. The minimum absolute atomic E-state index is 0.0649. The van der Waals surface area contributed by atoms with E-state index < -0.39 is 4.92 Å². The molecule has 2 aromatic carbocycles. The van der Waals surface area contributed by atoms with E-state index in [1.165, 1.54) is 47.0 Å². The maximum absolute atomic E-state index is 13.3. The number of non-ortho nitro benzene ring substituents is 1. The van der Waals surface area contributed by atoms with Crippen LogP contribution in [0.15, 0.2) is 58.5 Å². The maximum atomic E-state index is 13.3. The summed E-state index contributed by atoms with van der Waals surface area (Å²) >= 11 is 1.19. The van der Waals surface area contributed by atoms with Crippen molar-refractivity contribution in [3.63, 3.8) is 0 Å². The van der Waals surface area contributed by atoms with Crippen molar-refractivity contribution in [3.05, 3.63) is 69.0 Å². The lowest BCUT2D eigenvalue weighted by Crippen LogP contribution is -2.44. The zero-order valence-electron chi connectivity index (χ0n) is 18.6. The van der Waals surface area contributed by atoms with Crippen molar-refractivity contribution in [1.29, 1.82) is 0 Å². The molecule has 1 N–H and O–H groups in total. The number of para-hydroxylation sites is 1. The van der Waals surface area contributed by atoms with E-state index in [4.69, 9.17) is 0 Å². The van der Waals surface area contributed by atoms with Crippen molar-refractivity contribution in [2.75, 3.05) is 5.75 Å². The van der Waals surface area contributed by atoms with Crippen LogP contribution in [0, 0.1) is 22.0 Å². The molecule has 0 saturated heterocycles. The molecule has 4 rings (SSSR count). The van der Waals surface area contributed by atoms with E-state index in [1.54, 1.807) is 24.3 Å². The Hall–Kier alpha value is -3.20. The molecule has 1 amide bonds. The molecule has 1 aromatic heterocycles. The van der Waals surface area contributed by atoms with Crippen LogP contribution >= 0.6 is 11.8 Å². The smallest absolute Gasteiger partial charge is 0.269 e. The van der Waals surface area contributed by atoms with Gasteiger partial charge in [-0.15, -0.1) is 0 Å². The van der Waals surface area contributed by atoms with Crippen molar-refractivity contribution in [1.82, 2.24) is 14.9 Å². The fourth-order valence-electron chi connectivity index (χ4n) is 4.32. The molecule has 8 nitrogen and oxygen atoms in total. The van der Waals surface area contributed by atoms with Gasteiger partial charge in [0.05, 0.1) is 27.3 Å². The number of nitrogens with one attached hydrogen (secondary N) is 1. The predicted molar refractivity (Wildman–Crippen MR) is 129 cm³/mol. The standard InChI is InChI=1S/C24H26N4O4S/c1-15-6-5-9-20(16(15)2)25-22(29)14-33-24-26-21-8-4-3-7-19(21)23(30)27(24)17-10-12-18(13-11-17)28(31)32/h3-4,7-8,10-13,15-16,20H,5-6,9,14H2,1-2H3,(H,25,29)/t15-,16-,20+/m1/s1. The number of benzene rings is 2. The van der Waals surface area contributed by atoms with Gasteiger partial charge in [-0.05, 0) is 42.5 Å². The normalized spacial score (nSPS) is 20.5. The molecule has 0 spiro atoms. The zero-order valence-corrected chi connectivity index (χ0v) is 19.4. The van der Waals surface area contributed by atoms with Crippen molar-refractivity contribution in [2.24, 2.45) is 11.8 Å². The first-order valence-corrected chi connectivity index (χ1v) is 12.0. The largest absolute Gasteiger partial charge is 0.352 e. The molecule has 9 heteroatoms. The highest BCUT2D eigenvalue weighted by atomic mass is 32.2. The predicted octanol–water partition coefficient (Wildman–Crippen LogP) is 4.33. The van der Waals surface area contributed by atoms with Crippen molar-refractivity contribution >= 4 is 34.3 Å². The molecule has 33 heavy (non-hydrogen) atoms. The number of amides is 1. The first-order valence-electron chi connectivity index (χ1n) is 11.0. The first-order chi connectivity index (χ1) is 15.8. The maximum Gasteiger partial charge on any atom is 0.269 e. The lowest BCUT2D eigenvalue weighted by atomic mass is 9.78. The van der Waals surface area contributed by atoms with E-state index in [9.17, 15) is 19.7 Å². The van der Waals surface area contributed by atoms with Gasteiger partial charge in [-0.2, -0.15) is 0 Å². The first kappa shape index (κ1) is 23.0. The fraction of sp³-hybridized carbons (Fsp3) is 0.375. The Morgan fingerprint density at radius 1 is 1.18 bits per heavy atom.